The van der Waals surface area contributed by atoms with Gasteiger partial charge in [0.1, 0.15) is 5.54 Å². The second kappa shape index (κ2) is 5.53. The number of hydrogen-bond acceptors (Lipinski definition) is 2. The van der Waals surface area contributed by atoms with Gasteiger partial charge in [-0.3, -0.25) is 0 Å². The molecule has 1 aromatic rings. The van der Waals surface area contributed by atoms with Crippen LogP contribution in [0.25, 0.3) is 0 Å². The molecule has 0 heterocycles. The molecule has 0 aliphatic rings. The highest BCUT2D eigenvalue weighted by atomic mass is 16.4. The van der Waals surface area contributed by atoms with Gasteiger partial charge in [-0.1, -0.05) is 24.3 Å². The molecule has 2 amide bonds. The third kappa shape index (κ3) is 3.76. The zero-order valence-electron chi connectivity index (χ0n) is 10.8. The van der Waals surface area contributed by atoms with E-state index in [1.807, 2.05) is 31.2 Å². The average molecular weight is 250 g/mol. The van der Waals surface area contributed by atoms with Crippen molar-refractivity contribution in [3.63, 3.8) is 0 Å². The van der Waals surface area contributed by atoms with Crippen LogP contribution in [-0.2, 0) is 11.3 Å². The van der Waals surface area contributed by atoms with Crippen molar-refractivity contribution in [2.24, 2.45) is 0 Å². The van der Waals surface area contributed by atoms with Gasteiger partial charge < -0.3 is 15.7 Å². The predicted molar refractivity (Wildman–Crippen MR) is 68.3 cm³/mol. The van der Waals surface area contributed by atoms with Crippen molar-refractivity contribution in [1.82, 2.24) is 10.6 Å². The Balaban J connectivity index is 2.53. The maximum absolute atomic E-state index is 11.6. The Morgan fingerprint density at radius 1 is 1.28 bits per heavy atom. The number of nitrogens with one attached hydrogen (secondary N) is 2. The van der Waals surface area contributed by atoms with Crippen LogP contribution in [0.3, 0.4) is 0 Å². The molecule has 18 heavy (non-hydrogen) atoms. The first kappa shape index (κ1) is 14.0. The average Bonchev–Trinajstić information content (AvgIpc) is 2.27. The smallest absolute Gasteiger partial charge is 0.328 e. The Hall–Kier alpha value is -2.04. The number of carboxylic acids is 1. The van der Waals surface area contributed by atoms with Crippen LogP contribution < -0.4 is 10.6 Å². The first-order chi connectivity index (χ1) is 8.33. The van der Waals surface area contributed by atoms with E-state index < -0.39 is 17.5 Å². The third-order valence-corrected chi connectivity index (χ3v) is 2.66. The fraction of sp³-hybridized carbons (Fsp3) is 0.385. The number of amides is 2. The molecule has 3 N–H and O–H groups in total. The van der Waals surface area contributed by atoms with Crippen LogP contribution in [0.5, 0.6) is 0 Å². The summed E-state index contributed by atoms with van der Waals surface area (Å²) in [5.41, 5.74) is 0.798. The van der Waals surface area contributed by atoms with Crippen molar-refractivity contribution in [2.45, 2.75) is 32.9 Å². The van der Waals surface area contributed by atoms with Crippen LogP contribution in [0.1, 0.15) is 25.0 Å². The quantitative estimate of drug-likeness (QED) is 0.760. The predicted octanol–water partition coefficient (Wildman–Crippen LogP) is 1.66. The highest BCUT2D eigenvalue weighted by molar-refractivity contribution is 5.85. The van der Waals surface area contributed by atoms with Crippen molar-refractivity contribution >= 4 is 12.0 Å². The first-order valence-electron chi connectivity index (χ1n) is 5.67. The molecule has 5 heteroatoms. The molecule has 0 unspecified atom stereocenters. The lowest BCUT2D eigenvalue weighted by Gasteiger charge is -2.21. The van der Waals surface area contributed by atoms with E-state index in [1.165, 1.54) is 13.8 Å². The molecule has 5 nitrogen and oxygen atoms in total. The zero-order chi connectivity index (χ0) is 13.8. The van der Waals surface area contributed by atoms with Gasteiger partial charge in [0.15, 0.2) is 0 Å². The molecule has 1 aromatic carbocycles. The van der Waals surface area contributed by atoms with E-state index in [1.54, 1.807) is 0 Å². The molecule has 0 atom stereocenters. The number of hydrogen-bond donors (Lipinski definition) is 3. The van der Waals surface area contributed by atoms with Gasteiger partial charge in [-0.15, -0.1) is 0 Å². The van der Waals surface area contributed by atoms with Gasteiger partial charge in [0.05, 0.1) is 0 Å². The molecule has 0 aliphatic heterocycles. The second-order valence-corrected chi connectivity index (χ2v) is 4.66. The van der Waals surface area contributed by atoms with Gasteiger partial charge >= 0.3 is 12.0 Å². The molecule has 0 bridgehead atoms. The number of carbonyl (C=O) groups is 2. The lowest BCUT2D eigenvalue weighted by atomic mass is 10.1. The maximum Gasteiger partial charge on any atom is 0.328 e. The summed E-state index contributed by atoms with van der Waals surface area (Å²) in [5, 5.41) is 13.9. The van der Waals surface area contributed by atoms with E-state index in [-0.39, 0.29) is 0 Å². The van der Waals surface area contributed by atoms with Gasteiger partial charge in [0.2, 0.25) is 0 Å². The fourth-order valence-electron chi connectivity index (χ4n) is 1.37. The van der Waals surface area contributed by atoms with Gasteiger partial charge in [0.25, 0.3) is 0 Å². The lowest BCUT2D eigenvalue weighted by Crippen LogP contribution is -2.53. The molecular weight excluding hydrogens is 232 g/mol. The largest absolute Gasteiger partial charge is 0.480 e. The van der Waals surface area contributed by atoms with Crippen LogP contribution in [-0.4, -0.2) is 22.6 Å². The van der Waals surface area contributed by atoms with Gasteiger partial charge in [-0.05, 0) is 31.9 Å². The molecule has 0 saturated carbocycles. The van der Waals surface area contributed by atoms with Crippen molar-refractivity contribution in [1.29, 1.82) is 0 Å². The Labute approximate surface area is 106 Å². The molecule has 0 saturated heterocycles. The zero-order valence-corrected chi connectivity index (χ0v) is 10.8. The Bertz CT molecular complexity index is 455. The monoisotopic (exact) mass is 250 g/mol. The third-order valence-electron chi connectivity index (χ3n) is 2.66. The molecular formula is C13H18N2O3. The second-order valence-electron chi connectivity index (χ2n) is 4.66. The minimum atomic E-state index is -1.28. The molecule has 0 aliphatic carbocycles. The van der Waals surface area contributed by atoms with Crippen LogP contribution in [0.15, 0.2) is 24.3 Å². The van der Waals surface area contributed by atoms with Gasteiger partial charge in [0, 0.05) is 6.54 Å². The van der Waals surface area contributed by atoms with Crippen LogP contribution in [0.4, 0.5) is 4.79 Å². The highest BCUT2D eigenvalue weighted by Crippen LogP contribution is 2.06. The molecule has 98 valence electrons. The minimum Gasteiger partial charge on any atom is -0.480 e. The Morgan fingerprint density at radius 3 is 2.44 bits per heavy atom. The number of carbonyl (C=O) groups excluding carboxylic acids is 1. The fourth-order valence-corrected chi connectivity index (χ4v) is 1.37. The Kier molecular flexibility index (Phi) is 4.31. The number of rotatable bonds is 4. The molecule has 0 radical (unpaired) electrons. The van der Waals surface area contributed by atoms with E-state index in [9.17, 15) is 9.59 Å². The standard InChI is InChI=1S/C13H18N2O3/c1-9-6-4-5-7-10(9)8-14-12(18)15-13(2,3)11(16)17/h4-7H,8H2,1-3H3,(H,16,17)(H2,14,15,18). The molecule has 1 rings (SSSR count). The summed E-state index contributed by atoms with van der Waals surface area (Å²) in [6, 6.07) is 7.19. The molecule has 0 spiro atoms. The van der Waals surface area contributed by atoms with Crippen molar-refractivity contribution in [3.8, 4) is 0 Å². The van der Waals surface area contributed by atoms with Crippen LogP contribution in [0.2, 0.25) is 0 Å². The number of aryl methyl sites for hydroxylation is 1. The highest BCUT2D eigenvalue weighted by Gasteiger charge is 2.28. The minimum absolute atomic E-state index is 0.369. The summed E-state index contributed by atoms with van der Waals surface area (Å²) >= 11 is 0. The SMILES string of the molecule is Cc1ccccc1CNC(=O)NC(C)(C)C(=O)O. The van der Waals surface area contributed by atoms with Crippen molar-refractivity contribution in [3.05, 3.63) is 35.4 Å². The van der Waals surface area contributed by atoms with E-state index in [0.717, 1.165) is 11.1 Å². The van der Waals surface area contributed by atoms with E-state index in [0.29, 0.717) is 6.54 Å². The van der Waals surface area contributed by atoms with Crippen molar-refractivity contribution < 1.29 is 14.7 Å². The topological polar surface area (TPSA) is 78.4 Å². The summed E-state index contributed by atoms with van der Waals surface area (Å²) in [5.74, 6) is -1.08. The summed E-state index contributed by atoms with van der Waals surface area (Å²) < 4.78 is 0. The molecule has 0 fully saturated rings. The summed E-state index contributed by atoms with van der Waals surface area (Å²) in [4.78, 5) is 22.4. The Morgan fingerprint density at radius 2 is 1.89 bits per heavy atom. The van der Waals surface area contributed by atoms with E-state index in [4.69, 9.17) is 5.11 Å². The summed E-state index contributed by atoms with van der Waals surface area (Å²) in [7, 11) is 0. The van der Waals surface area contributed by atoms with Crippen molar-refractivity contribution in [2.75, 3.05) is 0 Å². The molecule has 0 aromatic heterocycles. The first-order valence-corrected chi connectivity index (χ1v) is 5.67. The number of urea groups is 1. The van der Waals surface area contributed by atoms with E-state index >= 15 is 0 Å². The summed E-state index contributed by atoms with van der Waals surface area (Å²) in [6.45, 7) is 5.19. The van der Waals surface area contributed by atoms with Gasteiger partial charge in [-0.25, -0.2) is 9.59 Å². The number of benzene rings is 1. The van der Waals surface area contributed by atoms with Crippen LogP contribution >= 0.6 is 0 Å². The van der Waals surface area contributed by atoms with Crippen LogP contribution in [0, 0.1) is 6.92 Å². The summed E-state index contributed by atoms with van der Waals surface area (Å²) in [6.07, 6.45) is 0. The van der Waals surface area contributed by atoms with Gasteiger partial charge in [-0.2, -0.15) is 0 Å². The maximum atomic E-state index is 11.6. The van der Waals surface area contributed by atoms with E-state index in [2.05, 4.69) is 10.6 Å². The normalized spacial score (nSPS) is 10.8. The number of carboxylic acid groups (broad SMARTS) is 1. The number of aliphatic carboxylic acids is 1. The lowest BCUT2D eigenvalue weighted by molar-refractivity contribution is -0.142.